The van der Waals surface area contributed by atoms with Gasteiger partial charge < -0.3 is 10.1 Å². The molecule has 0 saturated carbocycles. The smallest absolute Gasteiger partial charge is 0.142 e. The van der Waals surface area contributed by atoms with Crippen LogP contribution in [-0.2, 0) is 0 Å². The Morgan fingerprint density at radius 3 is 2.58 bits per heavy atom. The number of halogens is 1. The van der Waals surface area contributed by atoms with Crippen molar-refractivity contribution in [2.45, 2.75) is 13.8 Å². The number of fused-ring (bicyclic) bond motifs is 1. The number of aromatic amines is 1. The summed E-state index contributed by atoms with van der Waals surface area (Å²) in [6, 6.07) is 9.11. The van der Waals surface area contributed by atoms with E-state index in [9.17, 15) is 5.11 Å². The molecule has 2 N–H and O–H groups in total. The number of nitrogens with one attached hydrogen (secondary N) is 1. The first-order chi connectivity index (χ1) is 9.04. The number of aromatic nitrogens is 2. The minimum absolute atomic E-state index is 0.125. The molecular formula is C15H13ClN2O. The van der Waals surface area contributed by atoms with Crippen LogP contribution in [0.15, 0.2) is 30.3 Å². The van der Waals surface area contributed by atoms with Crippen molar-refractivity contribution in [1.29, 1.82) is 0 Å². The van der Waals surface area contributed by atoms with Crippen molar-refractivity contribution < 1.29 is 5.11 Å². The van der Waals surface area contributed by atoms with Crippen LogP contribution in [0.4, 0.5) is 0 Å². The number of H-pyrrole nitrogens is 1. The quantitative estimate of drug-likeness (QED) is 0.697. The zero-order chi connectivity index (χ0) is 13.6. The van der Waals surface area contributed by atoms with Crippen LogP contribution in [0.25, 0.3) is 22.4 Å². The molecule has 0 fully saturated rings. The number of phenolic OH excluding ortho intramolecular Hbond substituents is 1. The molecule has 0 bridgehead atoms. The van der Waals surface area contributed by atoms with E-state index in [2.05, 4.69) is 29.9 Å². The predicted octanol–water partition coefficient (Wildman–Crippen LogP) is 4.21. The zero-order valence-electron chi connectivity index (χ0n) is 10.7. The molecule has 96 valence electrons. The zero-order valence-corrected chi connectivity index (χ0v) is 11.4. The van der Waals surface area contributed by atoms with Crippen LogP contribution < -0.4 is 0 Å². The lowest BCUT2D eigenvalue weighted by Crippen LogP contribution is -1.81. The lowest BCUT2D eigenvalue weighted by atomic mass is 10.1. The number of hydrogen-bond acceptors (Lipinski definition) is 2. The summed E-state index contributed by atoms with van der Waals surface area (Å²) in [5.41, 5.74) is 4.92. The second-order valence-electron chi connectivity index (χ2n) is 4.70. The number of nitrogens with zero attached hydrogens (tertiary/aromatic N) is 1. The van der Waals surface area contributed by atoms with Crippen LogP contribution in [0.1, 0.15) is 11.1 Å². The lowest BCUT2D eigenvalue weighted by molar-refractivity contribution is 0.477. The molecule has 2 aromatic carbocycles. The fraction of sp³-hybridized carbons (Fsp3) is 0.133. The Kier molecular flexibility index (Phi) is 2.72. The molecule has 0 spiro atoms. The number of rotatable bonds is 1. The van der Waals surface area contributed by atoms with Gasteiger partial charge in [-0.15, -0.1) is 0 Å². The van der Waals surface area contributed by atoms with Gasteiger partial charge in [-0.3, -0.25) is 0 Å². The van der Waals surface area contributed by atoms with Crippen LogP contribution in [0, 0.1) is 13.8 Å². The van der Waals surface area contributed by atoms with Gasteiger partial charge in [-0.2, -0.15) is 0 Å². The monoisotopic (exact) mass is 272 g/mol. The largest absolute Gasteiger partial charge is 0.507 e. The summed E-state index contributed by atoms with van der Waals surface area (Å²) in [5, 5.41) is 10.4. The number of aryl methyl sites for hydroxylation is 2. The van der Waals surface area contributed by atoms with Gasteiger partial charge in [0.1, 0.15) is 11.6 Å². The summed E-state index contributed by atoms with van der Waals surface area (Å²) in [7, 11) is 0. The van der Waals surface area contributed by atoms with Crippen LogP contribution in [0.3, 0.4) is 0 Å². The van der Waals surface area contributed by atoms with Crippen molar-refractivity contribution in [2.24, 2.45) is 0 Å². The van der Waals surface area contributed by atoms with E-state index in [1.165, 1.54) is 17.2 Å². The molecule has 19 heavy (non-hydrogen) atoms. The second-order valence-corrected chi connectivity index (χ2v) is 5.14. The molecule has 0 radical (unpaired) electrons. The summed E-state index contributed by atoms with van der Waals surface area (Å²) in [5.74, 6) is 0.772. The first-order valence-electron chi connectivity index (χ1n) is 6.00. The molecule has 1 aromatic heterocycles. The van der Waals surface area contributed by atoms with Gasteiger partial charge in [-0.05, 0) is 55.3 Å². The van der Waals surface area contributed by atoms with Crippen LogP contribution in [-0.4, -0.2) is 15.1 Å². The Hall–Kier alpha value is -2.00. The van der Waals surface area contributed by atoms with Crippen molar-refractivity contribution in [3.8, 4) is 17.1 Å². The highest BCUT2D eigenvalue weighted by molar-refractivity contribution is 6.30. The van der Waals surface area contributed by atoms with Crippen molar-refractivity contribution in [2.75, 3.05) is 0 Å². The molecule has 4 heteroatoms. The van der Waals surface area contributed by atoms with E-state index in [0.717, 1.165) is 11.0 Å². The molecule has 0 atom stereocenters. The average Bonchev–Trinajstić information content (AvgIpc) is 2.72. The summed E-state index contributed by atoms with van der Waals surface area (Å²) < 4.78 is 0. The van der Waals surface area contributed by atoms with Gasteiger partial charge in [0, 0.05) is 5.02 Å². The number of benzene rings is 2. The molecule has 0 saturated heterocycles. The fourth-order valence-corrected chi connectivity index (χ4v) is 2.27. The highest BCUT2D eigenvalue weighted by atomic mass is 35.5. The SMILES string of the molecule is Cc1cc2nc(-c3ccc(Cl)cc3O)[nH]c2cc1C. The normalized spacial score (nSPS) is 11.1. The van der Waals surface area contributed by atoms with Gasteiger partial charge in [-0.1, -0.05) is 11.6 Å². The highest BCUT2D eigenvalue weighted by Crippen LogP contribution is 2.31. The summed E-state index contributed by atoms with van der Waals surface area (Å²) in [6.45, 7) is 4.12. The third-order valence-electron chi connectivity index (χ3n) is 3.31. The molecule has 0 aliphatic carbocycles. The highest BCUT2D eigenvalue weighted by Gasteiger charge is 2.10. The summed E-state index contributed by atoms with van der Waals surface area (Å²) >= 11 is 5.83. The van der Waals surface area contributed by atoms with E-state index in [4.69, 9.17) is 11.6 Å². The fourth-order valence-electron chi connectivity index (χ4n) is 2.10. The van der Waals surface area contributed by atoms with Gasteiger partial charge in [0.15, 0.2) is 0 Å². The Bertz CT molecular complexity index is 738. The third kappa shape index (κ3) is 2.06. The van der Waals surface area contributed by atoms with Crippen LogP contribution in [0.5, 0.6) is 5.75 Å². The topological polar surface area (TPSA) is 48.9 Å². The standard InChI is InChI=1S/C15H13ClN2O/c1-8-5-12-13(6-9(8)2)18-15(17-12)11-4-3-10(16)7-14(11)19/h3-7,19H,1-2H3,(H,17,18). The van der Waals surface area contributed by atoms with Crippen molar-refractivity contribution >= 4 is 22.6 Å². The Morgan fingerprint density at radius 2 is 1.84 bits per heavy atom. The molecule has 3 rings (SSSR count). The van der Waals surface area contributed by atoms with Gasteiger partial charge in [-0.25, -0.2) is 4.98 Å². The molecule has 0 aliphatic rings. The van der Waals surface area contributed by atoms with Crippen molar-refractivity contribution in [3.05, 3.63) is 46.5 Å². The number of phenols is 1. The summed E-state index contributed by atoms with van der Waals surface area (Å²) in [4.78, 5) is 7.74. The molecule has 3 nitrogen and oxygen atoms in total. The van der Waals surface area contributed by atoms with Crippen LogP contribution >= 0.6 is 11.6 Å². The maximum absolute atomic E-state index is 9.93. The van der Waals surface area contributed by atoms with E-state index in [1.54, 1.807) is 12.1 Å². The predicted molar refractivity (Wildman–Crippen MR) is 77.7 cm³/mol. The van der Waals surface area contributed by atoms with E-state index in [0.29, 0.717) is 16.4 Å². The number of hydrogen-bond donors (Lipinski definition) is 2. The third-order valence-corrected chi connectivity index (χ3v) is 3.55. The molecule has 3 aromatic rings. The molecular weight excluding hydrogens is 260 g/mol. The van der Waals surface area contributed by atoms with Gasteiger partial charge in [0.2, 0.25) is 0 Å². The van der Waals surface area contributed by atoms with Gasteiger partial charge in [0.05, 0.1) is 16.6 Å². The summed E-state index contributed by atoms with van der Waals surface area (Å²) in [6.07, 6.45) is 0. The first-order valence-corrected chi connectivity index (χ1v) is 6.38. The van der Waals surface area contributed by atoms with E-state index in [1.807, 2.05) is 6.07 Å². The van der Waals surface area contributed by atoms with Gasteiger partial charge in [0.25, 0.3) is 0 Å². The number of aromatic hydroxyl groups is 1. The Morgan fingerprint density at radius 1 is 1.11 bits per heavy atom. The minimum Gasteiger partial charge on any atom is -0.507 e. The van der Waals surface area contributed by atoms with Gasteiger partial charge >= 0.3 is 0 Å². The lowest BCUT2D eigenvalue weighted by Gasteiger charge is -2.00. The second kappa shape index (κ2) is 4.28. The van der Waals surface area contributed by atoms with E-state index < -0.39 is 0 Å². The maximum Gasteiger partial charge on any atom is 0.142 e. The average molecular weight is 273 g/mol. The first kappa shape index (κ1) is 12.1. The molecule has 0 unspecified atom stereocenters. The Labute approximate surface area is 115 Å². The van der Waals surface area contributed by atoms with E-state index in [-0.39, 0.29) is 5.75 Å². The molecule has 0 aliphatic heterocycles. The Balaban J connectivity index is 2.20. The molecule has 0 amide bonds. The maximum atomic E-state index is 9.93. The minimum atomic E-state index is 0.125. The van der Waals surface area contributed by atoms with Crippen molar-refractivity contribution in [3.63, 3.8) is 0 Å². The van der Waals surface area contributed by atoms with E-state index >= 15 is 0 Å². The van der Waals surface area contributed by atoms with Crippen molar-refractivity contribution in [1.82, 2.24) is 9.97 Å². The number of imidazole rings is 1. The van der Waals surface area contributed by atoms with Crippen LogP contribution in [0.2, 0.25) is 5.02 Å². The molecule has 1 heterocycles.